The van der Waals surface area contributed by atoms with Crippen molar-refractivity contribution in [3.8, 4) is 23.0 Å². The lowest BCUT2D eigenvalue weighted by atomic mass is 9.99. The molecule has 0 atom stereocenters. The molecule has 1 aliphatic rings. The third-order valence-electron chi connectivity index (χ3n) is 5.51. The molecule has 0 saturated carbocycles. The lowest BCUT2D eigenvalue weighted by Crippen LogP contribution is -2.38. The van der Waals surface area contributed by atoms with Gasteiger partial charge in [0.2, 0.25) is 0 Å². The van der Waals surface area contributed by atoms with Crippen LogP contribution in [0.3, 0.4) is 0 Å². The minimum atomic E-state index is -0.0464. The van der Waals surface area contributed by atoms with E-state index in [1.54, 1.807) is 14.2 Å². The molecule has 166 valence electrons. The standard InChI is InChI=1S/C26H27NO5/c1-29-24-14-20-12-13-27(16-21(20)15-25(24)30-2)26(28)18-32-23-10-8-22(9-11-23)31-17-19-6-4-3-5-7-19/h3-11,14-15H,12-13,16-18H2,1-2H3. The van der Waals surface area contributed by atoms with Crippen LogP contribution in [-0.2, 0) is 24.4 Å². The Morgan fingerprint density at radius 1 is 0.844 bits per heavy atom. The van der Waals surface area contributed by atoms with Crippen molar-refractivity contribution in [3.63, 3.8) is 0 Å². The van der Waals surface area contributed by atoms with Gasteiger partial charge >= 0.3 is 0 Å². The van der Waals surface area contributed by atoms with Crippen LogP contribution >= 0.6 is 0 Å². The zero-order valence-corrected chi connectivity index (χ0v) is 18.4. The van der Waals surface area contributed by atoms with Crippen LogP contribution in [0.15, 0.2) is 66.7 Å². The second-order valence-corrected chi connectivity index (χ2v) is 7.58. The Balaban J connectivity index is 1.29. The van der Waals surface area contributed by atoms with Gasteiger partial charge in [-0.2, -0.15) is 0 Å². The van der Waals surface area contributed by atoms with E-state index in [4.69, 9.17) is 18.9 Å². The Kier molecular flexibility index (Phi) is 6.80. The molecule has 0 fully saturated rings. The molecule has 0 unspecified atom stereocenters. The monoisotopic (exact) mass is 433 g/mol. The average molecular weight is 434 g/mol. The van der Waals surface area contributed by atoms with Crippen molar-refractivity contribution < 1.29 is 23.7 Å². The van der Waals surface area contributed by atoms with Crippen LogP contribution in [0.5, 0.6) is 23.0 Å². The van der Waals surface area contributed by atoms with Crippen LogP contribution in [-0.4, -0.2) is 38.2 Å². The van der Waals surface area contributed by atoms with Crippen molar-refractivity contribution in [1.82, 2.24) is 4.90 Å². The van der Waals surface area contributed by atoms with E-state index in [0.29, 0.717) is 36.9 Å². The summed E-state index contributed by atoms with van der Waals surface area (Å²) in [5, 5.41) is 0. The molecule has 1 amide bonds. The van der Waals surface area contributed by atoms with Gasteiger partial charge in [0.1, 0.15) is 18.1 Å². The van der Waals surface area contributed by atoms with Crippen LogP contribution in [0, 0.1) is 0 Å². The van der Waals surface area contributed by atoms with Crippen molar-refractivity contribution >= 4 is 5.91 Å². The number of fused-ring (bicyclic) bond motifs is 1. The Labute approximate surface area is 188 Å². The second kappa shape index (κ2) is 10.1. The number of benzene rings is 3. The number of nitrogens with zero attached hydrogens (tertiary/aromatic N) is 1. The summed E-state index contributed by atoms with van der Waals surface area (Å²) in [6.45, 7) is 1.68. The highest BCUT2D eigenvalue weighted by atomic mass is 16.5. The molecule has 0 bridgehead atoms. The first-order valence-corrected chi connectivity index (χ1v) is 10.6. The summed E-state index contributed by atoms with van der Waals surface area (Å²) in [5.74, 6) is 2.73. The summed E-state index contributed by atoms with van der Waals surface area (Å²) in [5.41, 5.74) is 3.36. The first-order chi connectivity index (χ1) is 15.7. The molecule has 3 aromatic carbocycles. The van der Waals surface area contributed by atoms with Crippen LogP contribution in [0.2, 0.25) is 0 Å². The number of hydrogen-bond donors (Lipinski definition) is 0. The Hall–Kier alpha value is -3.67. The molecular formula is C26H27NO5. The zero-order chi connectivity index (χ0) is 22.3. The fourth-order valence-electron chi connectivity index (χ4n) is 3.71. The highest BCUT2D eigenvalue weighted by molar-refractivity contribution is 5.78. The van der Waals surface area contributed by atoms with Gasteiger partial charge in [-0.05, 0) is 59.5 Å². The van der Waals surface area contributed by atoms with Gasteiger partial charge in [-0.15, -0.1) is 0 Å². The topological polar surface area (TPSA) is 57.2 Å². The minimum Gasteiger partial charge on any atom is -0.493 e. The van der Waals surface area contributed by atoms with Gasteiger partial charge in [-0.1, -0.05) is 30.3 Å². The van der Waals surface area contributed by atoms with Crippen LogP contribution in [0.1, 0.15) is 16.7 Å². The van der Waals surface area contributed by atoms with Crippen molar-refractivity contribution in [1.29, 1.82) is 0 Å². The molecular weight excluding hydrogens is 406 g/mol. The number of carbonyl (C=O) groups is 1. The van der Waals surface area contributed by atoms with Gasteiger partial charge in [0, 0.05) is 13.1 Å². The highest BCUT2D eigenvalue weighted by Crippen LogP contribution is 2.33. The Morgan fingerprint density at radius 2 is 1.47 bits per heavy atom. The molecule has 0 radical (unpaired) electrons. The Morgan fingerprint density at radius 3 is 2.12 bits per heavy atom. The van der Waals surface area contributed by atoms with Crippen molar-refractivity contribution in [2.45, 2.75) is 19.6 Å². The van der Waals surface area contributed by atoms with Gasteiger partial charge in [-0.25, -0.2) is 0 Å². The molecule has 6 heteroatoms. The van der Waals surface area contributed by atoms with Crippen LogP contribution < -0.4 is 18.9 Å². The van der Waals surface area contributed by atoms with Crippen molar-refractivity contribution in [2.24, 2.45) is 0 Å². The molecule has 32 heavy (non-hydrogen) atoms. The van der Waals surface area contributed by atoms with Gasteiger partial charge in [0.15, 0.2) is 18.1 Å². The van der Waals surface area contributed by atoms with Gasteiger partial charge in [0.25, 0.3) is 5.91 Å². The molecule has 3 aromatic rings. The van der Waals surface area contributed by atoms with Crippen molar-refractivity contribution in [2.75, 3.05) is 27.4 Å². The fourth-order valence-corrected chi connectivity index (χ4v) is 3.71. The van der Waals surface area contributed by atoms with E-state index in [0.717, 1.165) is 23.3 Å². The van der Waals surface area contributed by atoms with E-state index in [2.05, 4.69) is 0 Å². The highest BCUT2D eigenvalue weighted by Gasteiger charge is 2.23. The third kappa shape index (κ3) is 5.14. The summed E-state index contributed by atoms with van der Waals surface area (Å²) in [7, 11) is 3.24. The quantitative estimate of drug-likeness (QED) is 0.532. The van der Waals surface area contributed by atoms with E-state index in [1.807, 2.05) is 71.6 Å². The summed E-state index contributed by atoms with van der Waals surface area (Å²) >= 11 is 0. The molecule has 1 heterocycles. The molecule has 0 aliphatic carbocycles. The number of carbonyl (C=O) groups excluding carboxylic acids is 1. The van der Waals surface area contributed by atoms with Gasteiger partial charge in [0.05, 0.1) is 14.2 Å². The zero-order valence-electron chi connectivity index (χ0n) is 18.4. The summed E-state index contributed by atoms with van der Waals surface area (Å²) in [6.07, 6.45) is 0.773. The maximum absolute atomic E-state index is 12.7. The van der Waals surface area contributed by atoms with Gasteiger partial charge in [-0.3, -0.25) is 4.79 Å². The number of amides is 1. The van der Waals surface area contributed by atoms with E-state index in [-0.39, 0.29) is 12.5 Å². The molecule has 6 nitrogen and oxygen atoms in total. The number of rotatable bonds is 8. The SMILES string of the molecule is COc1cc2c(cc1OC)CN(C(=O)COc1ccc(OCc3ccccc3)cc1)CC2. The smallest absolute Gasteiger partial charge is 0.260 e. The molecule has 4 rings (SSSR count). The molecule has 0 spiro atoms. The van der Waals surface area contributed by atoms with Gasteiger partial charge < -0.3 is 23.8 Å². The number of ether oxygens (including phenoxy) is 4. The summed E-state index contributed by atoms with van der Waals surface area (Å²) < 4.78 is 22.3. The van der Waals surface area contributed by atoms with Crippen LogP contribution in [0.4, 0.5) is 0 Å². The van der Waals surface area contributed by atoms with Crippen molar-refractivity contribution in [3.05, 3.63) is 83.4 Å². The predicted octanol–water partition coefficient (Wildman–Crippen LogP) is 4.25. The first kappa shape index (κ1) is 21.6. The Bertz CT molecular complexity index is 1050. The molecule has 0 N–H and O–H groups in total. The maximum atomic E-state index is 12.7. The first-order valence-electron chi connectivity index (χ1n) is 10.6. The summed E-state index contributed by atoms with van der Waals surface area (Å²) in [4.78, 5) is 14.5. The lowest BCUT2D eigenvalue weighted by Gasteiger charge is -2.29. The average Bonchev–Trinajstić information content (AvgIpc) is 2.86. The van der Waals surface area contributed by atoms with E-state index < -0.39 is 0 Å². The maximum Gasteiger partial charge on any atom is 0.260 e. The largest absolute Gasteiger partial charge is 0.493 e. The molecule has 0 aromatic heterocycles. The normalized spacial score (nSPS) is 12.6. The summed E-state index contributed by atoms with van der Waals surface area (Å²) in [6, 6.07) is 21.3. The fraction of sp³-hybridized carbons (Fsp3) is 0.269. The van der Waals surface area contributed by atoms with E-state index >= 15 is 0 Å². The third-order valence-corrected chi connectivity index (χ3v) is 5.51. The number of hydrogen-bond acceptors (Lipinski definition) is 5. The van der Waals surface area contributed by atoms with E-state index in [1.165, 1.54) is 5.56 Å². The molecule has 1 aliphatic heterocycles. The number of methoxy groups -OCH3 is 2. The van der Waals surface area contributed by atoms with Crippen LogP contribution in [0.25, 0.3) is 0 Å². The minimum absolute atomic E-state index is 0.00710. The molecule has 0 saturated heterocycles. The predicted molar refractivity (Wildman–Crippen MR) is 121 cm³/mol. The second-order valence-electron chi connectivity index (χ2n) is 7.58. The van der Waals surface area contributed by atoms with E-state index in [9.17, 15) is 4.79 Å². The lowest BCUT2D eigenvalue weighted by molar-refractivity contribution is -0.134.